The summed E-state index contributed by atoms with van der Waals surface area (Å²) in [5.74, 6) is 1.38. The van der Waals surface area contributed by atoms with Crippen molar-refractivity contribution in [2.45, 2.75) is 59.5 Å². The number of phenolic OH excluding ortho intramolecular Hbond substituents is 1. The van der Waals surface area contributed by atoms with Gasteiger partial charge in [0.2, 0.25) is 0 Å². The Balaban J connectivity index is 1.64. The van der Waals surface area contributed by atoms with Crippen LogP contribution in [0.2, 0.25) is 0 Å². The molecular weight excluding hydrogens is 530 g/mol. The molecule has 1 aromatic heterocycles. The van der Waals surface area contributed by atoms with Gasteiger partial charge in [0.1, 0.15) is 17.1 Å². The molecule has 1 fully saturated rings. The number of amides is 1. The Morgan fingerprint density at radius 1 is 1.12 bits per heavy atom. The normalized spacial score (nSPS) is 19.9. The minimum atomic E-state index is -3.26. The van der Waals surface area contributed by atoms with Crippen LogP contribution in [0.3, 0.4) is 0 Å². The highest BCUT2D eigenvalue weighted by atomic mass is 32.2. The summed E-state index contributed by atoms with van der Waals surface area (Å²) < 4.78 is 36.9. The van der Waals surface area contributed by atoms with Crippen LogP contribution in [0.4, 0.5) is 0 Å². The van der Waals surface area contributed by atoms with Crippen LogP contribution in [0.25, 0.3) is 11.3 Å². The Bertz CT molecular complexity index is 1540. The first-order valence-corrected chi connectivity index (χ1v) is 15.6. The number of hydrogen-bond donors (Lipinski definition) is 2. The van der Waals surface area contributed by atoms with Crippen molar-refractivity contribution in [2.75, 3.05) is 24.7 Å². The number of fused-ring (bicyclic) bond motifs is 1. The number of H-pyrrole nitrogens is 1. The van der Waals surface area contributed by atoms with Crippen molar-refractivity contribution >= 4 is 15.7 Å². The lowest BCUT2D eigenvalue weighted by atomic mass is 9.93. The van der Waals surface area contributed by atoms with E-state index in [4.69, 9.17) is 9.47 Å². The number of sulfone groups is 1. The molecule has 2 unspecified atom stereocenters. The molecule has 0 radical (unpaired) electrons. The summed E-state index contributed by atoms with van der Waals surface area (Å²) in [6.45, 7) is 11.0. The maximum absolute atomic E-state index is 13.9. The number of aromatic hydroxyl groups is 1. The summed E-state index contributed by atoms with van der Waals surface area (Å²) in [6, 6.07) is 8.06. The minimum absolute atomic E-state index is 0.0397. The van der Waals surface area contributed by atoms with Gasteiger partial charge in [0, 0.05) is 17.2 Å². The fraction of sp³-hybridized carbons (Fsp3) is 0.467. The second kappa shape index (κ2) is 10.8. The van der Waals surface area contributed by atoms with Gasteiger partial charge in [-0.3, -0.25) is 9.89 Å². The maximum Gasteiger partial charge on any atom is 0.273 e. The van der Waals surface area contributed by atoms with Gasteiger partial charge in [-0.2, -0.15) is 5.10 Å². The molecule has 5 rings (SSSR count). The molecule has 2 aromatic carbocycles. The van der Waals surface area contributed by atoms with Gasteiger partial charge in [0.25, 0.3) is 5.91 Å². The highest BCUT2D eigenvalue weighted by molar-refractivity contribution is 7.91. The van der Waals surface area contributed by atoms with E-state index >= 15 is 0 Å². The van der Waals surface area contributed by atoms with Crippen LogP contribution in [-0.4, -0.2) is 65.3 Å². The molecule has 2 N–H and O–H groups in total. The summed E-state index contributed by atoms with van der Waals surface area (Å²) in [6.07, 6.45) is 1.26. The van der Waals surface area contributed by atoms with Gasteiger partial charge >= 0.3 is 0 Å². The zero-order valence-corrected chi connectivity index (χ0v) is 24.5. The molecule has 1 amide bonds. The fourth-order valence-corrected chi connectivity index (χ4v) is 7.26. The van der Waals surface area contributed by atoms with Crippen molar-refractivity contribution in [3.63, 3.8) is 0 Å². The molecule has 0 aliphatic carbocycles. The van der Waals surface area contributed by atoms with E-state index in [1.807, 2.05) is 45.0 Å². The van der Waals surface area contributed by atoms with E-state index < -0.39 is 21.9 Å². The Hall–Kier alpha value is -3.53. The van der Waals surface area contributed by atoms with Gasteiger partial charge in [-0.05, 0) is 80.5 Å². The van der Waals surface area contributed by atoms with E-state index in [0.29, 0.717) is 59.6 Å². The molecule has 2 atom stereocenters. The number of nitrogens with zero attached hydrogens (tertiary/aromatic N) is 2. The second-order valence-corrected chi connectivity index (χ2v) is 13.4. The van der Waals surface area contributed by atoms with Crippen LogP contribution in [0, 0.1) is 19.8 Å². The summed E-state index contributed by atoms with van der Waals surface area (Å²) in [5.41, 5.74) is 4.56. The molecule has 3 heterocycles. The Morgan fingerprint density at radius 3 is 2.55 bits per heavy atom. The smallest absolute Gasteiger partial charge is 0.273 e. The number of aromatic amines is 1. The highest BCUT2D eigenvalue weighted by Crippen LogP contribution is 2.48. The van der Waals surface area contributed by atoms with Crippen molar-refractivity contribution < 1.29 is 27.8 Å². The summed E-state index contributed by atoms with van der Waals surface area (Å²) in [7, 11) is -3.26. The monoisotopic (exact) mass is 567 g/mol. The molecule has 214 valence electrons. The highest BCUT2D eigenvalue weighted by Gasteiger charge is 2.48. The molecule has 0 spiro atoms. The largest absolute Gasteiger partial charge is 0.507 e. The number of aromatic nitrogens is 2. The lowest BCUT2D eigenvalue weighted by molar-refractivity contribution is 0.0677. The number of phenols is 1. The van der Waals surface area contributed by atoms with E-state index in [9.17, 15) is 18.3 Å². The predicted octanol–water partition coefficient (Wildman–Crippen LogP) is 4.96. The van der Waals surface area contributed by atoms with Crippen LogP contribution in [0.15, 0.2) is 30.3 Å². The van der Waals surface area contributed by atoms with Gasteiger partial charge in [0.05, 0.1) is 30.8 Å². The standard InChI is InChI=1S/C30H37N3O6S/c1-6-38-25-15-20(7-8-24(25)39-11-9-17(2)3)29-26-27(22-13-18(4)19(5)14-23(22)34)31-32-28(26)30(35)33(29)21-10-12-40(36,37)16-21/h7-8,13-15,17,21,29,34H,6,9-12,16H2,1-5H3,(H,31,32). The quantitative estimate of drug-likeness (QED) is 0.375. The van der Waals surface area contributed by atoms with Gasteiger partial charge in [-0.1, -0.05) is 19.9 Å². The van der Waals surface area contributed by atoms with E-state index in [1.54, 1.807) is 11.0 Å². The Labute approximate surface area is 235 Å². The number of carbonyl (C=O) groups is 1. The molecule has 3 aromatic rings. The van der Waals surface area contributed by atoms with Crippen molar-refractivity contribution in [3.8, 4) is 28.5 Å². The third kappa shape index (κ3) is 5.16. The minimum Gasteiger partial charge on any atom is -0.507 e. The lowest BCUT2D eigenvalue weighted by Gasteiger charge is -2.31. The zero-order valence-electron chi connectivity index (χ0n) is 23.7. The number of hydrogen-bond acceptors (Lipinski definition) is 7. The van der Waals surface area contributed by atoms with Crippen molar-refractivity contribution in [1.29, 1.82) is 0 Å². The third-order valence-corrected chi connectivity index (χ3v) is 9.56. The number of benzene rings is 2. The van der Waals surface area contributed by atoms with Crippen molar-refractivity contribution in [1.82, 2.24) is 15.1 Å². The summed E-state index contributed by atoms with van der Waals surface area (Å²) in [4.78, 5) is 15.5. The number of nitrogens with one attached hydrogen (secondary N) is 1. The number of aryl methyl sites for hydroxylation is 2. The van der Waals surface area contributed by atoms with Gasteiger partial charge in [-0.25, -0.2) is 8.42 Å². The van der Waals surface area contributed by atoms with E-state index in [-0.39, 0.29) is 23.2 Å². The van der Waals surface area contributed by atoms with Gasteiger partial charge in [-0.15, -0.1) is 0 Å². The molecule has 1 saturated heterocycles. The topological polar surface area (TPSA) is 122 Å². The Kier molecular flexibility index (Phi) is 7.56. The molecule has 0 saturated carbocycles. The second-order valence-electron chi connectivity index (χ2n) is 11.2. The van der Waals surface area contributed by atoms with Crippen molar-refractivity contribution in [3.05, 3.63) is 58.3 Å². The first-order valence-electron chi connectivity index (χ1n) is 13.8. The summed E-state index contributed by atoms with van der Waals surface area (Å²) >= 11 is 0. The molecule has 9 nitrogen and oxygen atoms in total. The molecule has 2 aliphatic rings. The SMILES string of the molecule is CCOc1cc(C2c3c(-c4cc(C)c(C)cc4O)n[nH]c3C(=O)N2C2CCS(=O)(=O)C2)ccc1OCCC(C)C. The van der Waals surface area contributed by atoms with Crippen LogP contribution in [0.1, 0.15) is 72.4 Å². The molecule has 0 bridgehead atoms. The van der Waals surface area contributed by atoms with E-state index in [1.165, 1.54) is 0 Å². The van der Waals surface area contributed by atoms with Crippen molar-refractivity contribution in [2.24, 2.45) is 5.92 Å². The number of rotatable bonds is 9. The summed E-state index contributed by atoms with van der Waals surface area (Å²) in [5, 5.41) is 18.3. The molecule has 40 heavy (non-hydrogen) atoms. The predicted molar refractivity (Wildman–Crippen MR) is 153 cm³/mol. The van der Waals surface area contributed by atoms with Crippen LogP contribution in [-0.2, 0) is 9.84 Å². The average molecular weight is 568 g/mol. The van der Waals surface area contributed by atoms with Gasteiger partial charge < -0.3 is 19.5 Å². The van der Waals surface area contributed by atoms with Crippen LogP contribution < -0.4 is 9.47 Å². The Morgan fingerprint density at radius 2 is 1.88 bits per heavy atom. The van der Waals surface area contributed by atoms with Crippen LogP contribution in [0.5, 0.6) is 17.2 Å². The maximum atomic E-state index is 13.9. The third-order valence-electron chi connectivity index (χ3n) is 7.81. The van der Waals surface area contributed by atoms with E-state index in [2.05, 4.69) is 24.0 Å². The zero-order chi connectivity index (χ0) is 28.8. The average Bonchev–Trinajstić information content (AvgIpc) is 3.55. The van der Waals surface area contributed by atoms with E-state index in [0.717, 1.165) is 23.1 Å². The lowest BCUT2D eigenvalue weighted by Crippen LogP contribution is -2.40. The van der Waals surface area contributed by atoms with Gasteiger partial charge in [0.15, 0.2) is 21.3 Å². The molecule has 2 aliphatic heterocycles. The first kappa shape index (κ1) is 28.0. The first-order chi connectivity index (χ1) is 19.0. The molecule has 10 heteroatoms. The number of ether oxygens (including phenoxy) is 2. The number of carbonyl (C=O) groups excluding carboxylic acids is 1. The fourth-order valence-electron chi connectivity index (χ4n) is 5.55. The van der Waals surface area contributed by atoms with Crippen LogP contribution >= 0.6 is 0 Å². The molecular formula is C30H37N3O6S.